The highest BCUT2D eigenvalue weighted by atomic mass is 16.4. The fourth-order valence-corrected chi connectivity index (χ4v) is 3.03. The van der Waals surface area contributed by atoms with Gasteiger partial charge in [0.1, 0.15) is 0 Å². The Hall–Kier alpha value is -1.83. The first-order chi connectivity index (χ1) is 9.54. The normalized spacial score (nSPS) is 17.8. The molecule has 0 saturated carbocycles. The van der Waals surface area contributed by atoms with Crippen molar-refractivity contribution in [3.8, 4) is 6.07 Å². The van der Waals surface area contributed by atoms with E-state index in [9.17, 15) is 4.79 Å². The monoisotopic (exact) mass is 275 g/mol. The van der Waals surface area contributed by atoms with Crippen molar-refractivity contribution in [3.05, 3.63) is 17.0 Å². The molecule has 0 spiro atoms. The maximum atomic E-state index is 10.8. The van der Waals surface area contributed by atoms with Gasteiger partial charge in [-0.3, -0.25) is 9.48 Å². The lowest BCUT2D eigenvalue weighted by molar-refractivity contribution is -0.137. The summed E-state index contributed by atoms with van der Waals surface area (Å²) in [4.78, 5) is 10.8. The second kappa shape index (κ2) is 6.08. The molecule has 0 bridgehead atoms. The highest BCUT2D eigenvalue weighted by molar-refractivity contribution is 5.66. The van der Waals surface area contributed by atoms with Crippen LogP contribution in [0.25, 0.3) is 0 Å². The van der Waals surface area contributed by atoms with Crippen molar-refractivity contribution in [1.82, 2.24) is 9.78 Å². The lowest BCUT2D eigenvalue weighted by Crippen LogP contribution is -2.14. The summed E-state index contributed by atoms with van der Waals surface area (Å²) in [6.45, 7) is 4.62. The number of hydrogen-bond donors (Lipinski definition) is 1. The number of carboxylic acids is 1. The van der Waals surface area contributed by atoms with Crippen LogP contribution in [0.4, 0.5) is 0 Å². The minimum absolute atomic E-state index is 0.0918. The number of fused-ring (bicyclic) bond motifs is 1. The second-order valence-corrected chi connectivity index (χ2v) is 5.72. The van der Waals surface area contributed by atoms with Gasteiger partial charge in [-0.25, -0.2) is 0 Å². The molecule has 108 valence electrons. The van der Waals surface area contributed by atoms with Crippen LogP contribution in [-0.2, 0) is 17.8 Å². The summed E-state index contributed by atoms with van der Waals surface area (Å²) in [5, 5.41) is 22.5. The van der Waals surface area contributed by atoms with Crippen molar-refractivity contribution in [2.24, 2.45) is 0 Å². The first kappa shape index (κ1) is 14.6. The molecule has 1 atom stereocenters. The predicted octanol–water partition coefficient (Wildman–Crippen LogP) is 2.81. The Balaban J connectivity index is 2.39. The molecule has 0 amide bonds. The third-order valence-electron chi connectivity index (χ3n) is 3.92. The third-order valence-corrected chi connectivity index (χ3v) is 3.92. The van der Waals surface area contributed by atoms with Crippen molar-refractivity contribution in [3.63, 3.8) is 0 Å². The first-order valence-corrected chi connectivity index (χ1v) is 7.22. The summed E-state index contributed by atoms with van der Waals surface area (Å²) >= 11 is 0. The molecular formula is C15H21N3O2. The van der Waals surface area contributed by atoms with Crippen LogP contribution >= 0.6 is 0 Å². The second-order valence-electron chi connectivity index (χ2n) is 5.72. The Kier molecular flexibility index (Phi) is 4.43. The average molecular weight is 275 g/mol. The Morgan fingerprint density at radius 1 is 1.60 bits per heavy atom. The summed E-state index contributed by atoms with van der Waals surface area (Å²) in [6.07, 6.45) is 3.64. The minimum Gasteiger partial charge on any atom is -0.481 e. The van der Waals surface area contributed by atoms with Gasteiger partial charge in [-0.2, -0.15) is 10.4 Å². The SMILES string of the molecule is CC(C)c1nn(CCC(=O)O)c2c1C(CC#N)CCC2. The number of aryl methyl sites for hydroxylation is 1. The topological polar surface area (TPSA) is 78.9 Å². The summed E-state index contributed by atoms with van der Waals surface area (Å²) < 4.78 is 1.86. The quantitative estimate of drug-likeness (QED) is 0.896. The lowest BCUT2D eigenvalue weighted by atomic mass is 9.81. The van der Waals surface area contributed by atoms with Crippen molar-refractivity contribution in [1.29, 1.82) is 5.26 Å². The van der Waals surface area contributed by atoms with Crippen LogP contribution in [0, 0.1) is 11.3 Å². The molecule has 0 fully saturated rings. The van der Waals surface area contributed by atoms with Gasteiger partial charge >= 0.3 is 5.97 Å². The van der Waals surface area contributed by atoms with E-state index in [4.69, 9.17) is 10.4 Å². The molecule has 0 radical (unpaired) electrons. The lowest BCUT2D eigenvalue weighted by Gasteiger charge is -2.22. The smallest absolute Gasteiger partial charge is 0.305 e. The molecule has 20 heavy (non-hydrogen) atoms. The number of carboxylic acid groups (broad SMARTS) is 1. The van der Waals surface area contributed by atoms with E-state index in [2.05, 4.69) is 25.0 Å². The summed E-state index contributed by atoms with van der Waals surface area (Å²) in [7, 11) is 0. The molecule has 1 unspecified atom stereocenters. The zero-order valence-corrected chi connectivity index (χ0v) is 12.1. The highest BCUT2D eigenvalue weighted by Gasteiger charge is 2.29. The van der Waals surface area contributed by atoms with Crippen molar-refractivity contribution in [2.45, 2.75) is 64.3 Å². The van der Waals surface area contributed by atoms with E-state index in [-0.39, 0.29) is 12.3 Å². The molecule has 5 nitrogen and oxygen atoms in total. The molecule has 1 N–H and O–H groups in total. The first-order valence-electron chi connectivity index (χ1n) is 7.22. The fraction of sp³-hybridized carbons (Fsp3) is 0.667. The van der Waals surface area contributed by atoms with Gasteiger partial charge in [0, 0.05) is 23.6 Å². The van der Waals surface area contributed by atoms with E-state index in [1.54, 1.807) is 0 Å². The van der Waals surface area contributed by atoms with Crippen molar-refractivity contribution >= 4 is 5.97 Å². The van der Waals surface area contributed by atoms with Crippen LogP contribution < -0.4 is 0 Å². The molecule has 1 aromatic rings. The largest absolute Gasteiger partial charge is 0.481 e. The van der Waals surface area contributed by atoms with Crippen LogP contribution in [0.2, 0.25) is 0 Å². The molecule has 0 aromatic carbocycles. The van der Waals surface area contributed by atoms with Gasteiger partial charge in [-0.05, 0) is 25.2 Å². The number of nitriles is 1. The Morgan fingerprint density at radius 2 is 2.35 bits per heavy atom. The summed E-state index contributed by atoms with van der Waals surface area (Å²) in [6, 6.07) is 2.27. The van der Waals surface area contributed by atoms with Gasteiger partial charge in [0.2, 0.25) is 0 Å². The summed E-state index contributed by atoms with van der Waals surface area (Å²) in [5.41, 5.74) is 3.42. The van der Waals surface area contributed by atoms with Crippen molar-refractivity contribution < 1.29 is 9.90 Å². The molecule has 2 rings (SSSR count). The van der Waals surface area contributed by atoms with Gasteiger partial charge in [0.25, 0.3) is 0 Å². The molecule has 0 aliphatic heterocycles. The molecule has 5 heteroatoms. The highest BCUT2D eigenvalue weighted by Crippen LogP contribution is 2.38. The molecule has 1 aliphatic rings. The molecule has 1 aliphatic carbocycles. The number of aliphatic carboxylic acids is 1. The number of hydrogen-bond acceptors (Lipinski definition) is 3. The van der Waals surface area contributed by atoms with Gasteiger partial charge in [0.05, 0.1) is 24.7 Å². The van der Waals surface area contributed by atoms with E-state index in [0.717, 1.165) is 30.7 Å². The molecule has 0 saturated heterocycles. The minimum atomic E-state index is -0.801. The van der Waals surface area contributed by atoms with E-state index >= 15 is 0 Å². The zero-order valence-electron chi connectivity index (χ0n) is 12.1. The Bertz CT molecular complexity index is 540. The van der Waals surface area contributed by atoms with E-state index in [1.807, 2.05) is 4.68 Å². The van der Waals surface area contributed by atoms with Gasteiger partial charge in [-0.1, -0.05) is 13.8 Å². The number of rotatable bonds is 5. The van der Waals surface area contributed by atoms with Crippen LogP contribution in [0.15, 0.2) is 0 Å². The third kappa shape index (κ3) is 2.84. The van der Waals surface area contributed by atoms with Gasteiger partial charge in [-0.15, -0.1) is 0 Å². The van der Waals surface area contributed by atoms with E-state index < -0.39 is 5.97 Å². The van der Waals surface area contributed by atoms with Crippen LogP contribution in [0.3, 0.4) is 0 Å². The maximum Gasteiger partial charge on any atom is 0.305 e. The molecular weight excluding hydrogens is 254 g/mol. The zero-order chi connectivity index (χ0) is 14.7. The van der Waals surface area contributed by atoms with E-state index in [0.29, 0.717) is 18.9 Å². The van der Waals surface area contributed by atoms with Gasteiger partial charge < -0.3 is 5.11 Å². The van der Waals surface area contributed by atoms with Gasteiger partial charge in [0.15, 0.2) is 0 Å². The summed E-state index contributed by atoms with van der Waals surface area (Å²) in [5.74, 6) is -0.237. The molecule has 1 heterocycles. The van der Waals surface area contributed by atoms with E-state index in [1.165, 1.54) is 5.56 Å². The fourth-order valence-electron chi connectivity index (χ4n) is 3.03. The van der Waals surface area contributed by atoms with Crippen molar-refractivity contribution in [2.75, 3.05) is 0 Å². The van der Waals surface area contributed by atoms with Crippen LogP contribution in [-0.4, -0.2) is 20.9 Å². The number of nitrogens with zero attached hydrogens (tertiary/aromatic N) is 3. The maximum absolute atomic E-state index is 10.8. The predicted molar refractivity (Wildman–Crippen MR) is 74.5 cm³/mol. The average Bonchev–Trinajstić information content (AvgIpc) is 2.77. The standard InChI is InChI=1S/C15H21N3O2/c1-10(2)15-14-11(6-8-16)4-3-5-12(14)18(17-15)9-7-13(19)20/h10-11H,3-7,9H2,1-2H3,(H,19,20). The molecule has 1 aromatic heterocycles. The Labute approximate surface area is 119 Å². The Morgan fingerprint density at radius 3 is 2.95 bits per heavy atom. The van der Waals surface area contributed by atoms with Crippen LogP contribution in [0.5, 0.6) is 0 Å². The number of aromatic nitrogens is 2. The number of carbonyl (C=O) groups is 1. The van der Waals surface area contributed by atoms with Crippen LogP contribution in [0.1, 0.15) is 68.3 Å².